The quantitative estimate of drug-likeness (QED) is 0.444. The minimum absolute atomic E-state index is 0.351. The van der Waals surface area contributed by atoms with Crippen LogP contribution in [0.2, 0.25) is 0 Å². The number of tetrazole rings is 1. The van der Waals surface area contributed by atoms with Gasteiger partial charge >= 0.3 is 0 Å². The van der Waals surface area contributed by atoms with Gasteiger partial charge in [0.05, 0.1) is 6.54 Å². The number of hydrogen-bond acceptors (Lipinski definition) is 6. The van der Waals surface area contributed by atoms with Crippen molar-refractivity contribution in [2.24, 2.45) is 5.73 Å². The average Bonchev–Trinajstić information content (AvgIpc) is 3.47. The second-order valence-electron chi connectivity index (χ2n) is 7.32. The van der Waals surface area contributed by atoms with Crippen LogP contribution in [-0.4, -0.2) is 41.9 Å². The van der Waals surface area contributed by atoms with Gasteiger partial charge in [-0.1, -0.05) is 61.9 Å². The summed E-state index contributed by atoms with van der Waals surface area (Å²) >= 11 is 0. The molecule has 8 nitrogen and oxygen atoms in total. The van der Waals surface area contributed by atoms with Crippen molar-refractivity contribution in [2.45, 2.75) is 38.6 Å². The normalized spacial score (nSPS) is 12.2. The molecule has 0 saturated heterocycles. The van der Waals surface area contributed by atoms with Gasteiger partial charge in [-0.25, -0.2) is 9.67 Å². The first-order valence-electron chi connectivity index (χ1n) is 10.3. The molecule has 8 heteroatoms. The van der Waals surface area contributed by atoms with E-state index >= 15 is 0 Å². The summed E-state index contributed by atoms with van der Waals surface area (Å²) < 4.78 is 2.00. The Labute approximate surface area is 175 Å². The van der Waals surface area contributed by atoms with Crippen molar-refractivity contribution in [1.29, 1.82) is 0 Å². The van der Waals surface area contributed by atoms with Gasteiger partial charge < -0.3 is 5.73 Å². The maximum absolute atomic E-state index is 5.82. The maximum atomic E-state index is 5.82. The summed E-state index contributed by atoms with van der Waals surface area (Å²) in [5, 5.41) is 18.9. The molecule has 0 fully saturated rings. The number of nitrogens with two attached hydrogens (primary N) is 1. The van der Waals surface area contributed by atoms with E-state index in [0.717, 1.165) is 41.8 Å². The van der Waals surface area contributed by atoms with E-state index in [9.17, 15) is 0 Å². The molecule has 154 valence electrons. The third-order valence-corrected chi connectivity index (χ3v) is 5.27. The van der Waals surface area contributed by atoms with E-state index in [2.05, 4.69) is 68.0 Å². The van der Waals surface area contributed by atoms with Gasteiger partial charge in [-0.3, -0.25) is 0 Å². The topological polar surface area (TPSA) is 111 Å². The number of H-pyrrole nitrogens is 1. The number of hydrogen-bond donors (Lipinski definition) is 2. The SMILES string of the molecule is CCCC(CCN)c1ncnn1Cc1ccc(-c2ccccc2-c2nn[nH]n2)cc1. The first-order valence-corrected chi connectivity index (χ1v) is 10.3. The van der Waals surface area contributed by atoms with Gasteiger partial charge in [-0.2, -0.15) is 10.3 Å². The van der Waals surface area contributed by atoms with E-state index in [-0.39, 0.29) is 0 Å². The molecule has 0 aliphatic carbocycles. The van der Waals surface area contributed by atoms with Crippen molar-refractivity contribution in [3.8, 4) is 22.5 Å². The Hall–Kier alpha value is -3.39. The first-order chi connectivity index (χ1) is 14.8. The highest BCUT2D eigenvalue weighted by Crippen LogP contribution is 2.30. The predicted octanol–water partition coefficient (Wildman–Crippen LogP) is 3.41. The molecule has 0 saturated carbocycles. The van der Waals surface area contributed by atoms with Crippen LogP contribution in [0.4, 0.5) is 0 Å². The zero-order valence-corrected chi connectivity index (χ0v) is 17.1. The van der Waals surface area contributed by atoms with E-state index in [1.54, 1.807) is 6.33 Å². The lowest BCUT2D eigenvalue weighted by Crippen LogP contribution is -2.15. The van der Waals surface area contributed by atoms with Crippen molar-refractivity contribution >= 4 is 0 Å². The van der Waals surface area contributed by atoms with Gasteiger partial charge in [0.2, 0.25) is 5.82 Å². The van der Waals surface area contributed by atoms with Crippen LogP contribution in [0.5, 0.6) is 0 Å². The second-order valence-corrected chi connectivity index (χ2v) is 7.32. The van der Waals surface area contributed by atoms with Crippen molar-refractivity contribution in [3.63, 3.8) is 0 Å². The van der Waals surface area contributed by atoms with Crippen LogP contribution in [0, 0.1) is 0 Å². The van der Waals surface area contributed by atoms with Crippen molar-refractivity contribution in [3.05, 3.63) is 66.2 Å². The summed E-state index contributed by atoms with van der Waals surface area (Å²) in [6, 6.07) is 16.6. The molecule has 30 heavy (non-hydrogen) atoms. The summed E-state index contributed by atoms with van der Waals surface area (Å²) in [5.74, 6) is 1.96. The lowest BCUT2D eigenvalue weighted by atomic mass is 9.98. The third kappa shape index (κ3) is 4.28. The van der Waals surface area contributed by atoms with Crippen LogP contribution >= 0.6 is 0 Å². The highest BCUT2D eigenvalue weighted by molar-refractivity contribution is 5.80. The Morgan fingerprint density at radius 3 is 2.53 bits per heavy atom. The Morgan fingerprint density at radius 1 is 1.03 bits per heavy atom. The number of rotatable bonds is 9. The summed E-state index contributed by atoms with van der Waals surface area (Å²) in [4.78, 5) is 4.53. The molecule has 4 aromatic rings. The molecule has 2 aromatic heterocycles. The molecule has 0 spiro atoms. The van der Waals surface area contributed by atoms with E-state index in [1.807, 2.05) is 22.9 Å². The highest BCUT2D eigenvalue weighted by atomic mass is 15.5. The molecule has 0 bridgehead atoms. The smallest absolute Gasteiger partial charge is 0.205 e. The molecule has 0 aliphatic rings. The average molecular weight is 403 g/mol. The number of aromatic amines is 1. The Bertz CT molecular complexity index is 1050. The van der Waals surface area contributed by atoms with Crippen LogP contribution in [0.15, 0.2) is 54.9 Å². The van der Waals surface area contributed by atoms with E-state index in [1.165, 1.54) is 5.56 Å². The summed E-state index contributed by atoms with van der Waals surface area (Å²) in [7, 11) is 0. The van der Waals surface area contributed by atoms with Crippen molar-refractivity contribution in [1.82, 2.24) is 35.4 Å². The Morgan fingerprint density at radius 2 is 1.83 bits per heavy atom. The zero-order valence-electron chi connectivity index (χ0n) is 17.1. The molecular weight excluding hydrogens is 376 g/mol. The van der Waals surface area contributed by atoms with Crippen molar-refractivity contribution in [2.75, 3.05) is 6.54 Å². The highest BCUT2D eigenvalue weighted by Gasteiger charge is 2.17. The fraction of sp³-hybridized carbons (Fsp3) is 0.318. The van der Waals surface area contributed by atoms with Gasteiger partial charge in [0.25, 0.3) is 0 Å². The van der Waals surface area contributed by atoms with Crippen LogP contribution in [0.3, 0.4) is 0 Å². The summed E-state index contributed by atoms with van der Waals surface area (Å²) in [5.41, 5.74) is 10.1. The van der Waals surface area contributed by atoms with Crippen LogP contribution in [-0.2, 0) is 6.54 Å². The second kappa shape index (κ2) is 9.41. The molecule has 3 N–H and O–H groups in total. The first kappa shape index (κ1) is 19.9. The molecular formula is C22H26N8. The van der Waals surface area contributed by atoms with Crippen LogP contribution < -0.4 is 5.73 Å². The van der Waals surface area contributed by atoms with Gasteiger partial charge in [0, 0.05) is 11.5 Å². The Kier molecular flexibility index (Phi) is 6.24. The standard InChI is InChI=1S/C22H26N8/c1-2-5-18(12-13-23)22-24-15-25-30(22)14-16-8-10-17(11-9-16)19-6-3-4-7-20(19)21-26-28-29-27-21/h3-4,6-11,15,18H,2,5,12-14,23H2,1H3,(H,26,27,28,29). The third-order valence-electron chi connectivity index (χ3n) is 5.27. The fourth-order valence-electron chi connectivity index (χ4n) is 3.83. The number of benzene rings is 2. The Balaban J connectivity index is 1.56. The van der Waals surface area contributed by atoms with Gasteiger partial charge in [-0.05, 0) is 41.3 Å². The van der Waals surface area contributed by atoms with E-state index in [4.69, 9.17) is 5.73 Å². The number of nitrogens with zero attached hydrogens (tertiary/aromatic N) is 6. The lowest BCUT2D eigenvalue weighted by molar-refractivity contribution is 0.504. The van der Waals surface area contributed by atoms with Crippen LogP contribution in [0.1, 0.15) is 43.5 Å². The molecule has 0 amide bonds. The molecule has 0 aliphatic heterocycles. The minimum Gasteiger partial charge on any atom is -0.330 e. The molecule has 1 atom stereocenters. The minimum atomic E-state index is 0.351. The summed E-state index contributed by atoms with van der Waals surface area (Å²) in [6.07, 6.45) is 4.75. The zero-order chi connectivity index (χ0) is 20.8. The molecule has 2 aromatic carbocycles. The number of nitrogens with one attached hydrogen (secondary N) is 1. The molecule has 0 radical (unpaired) electrons. The summed E-state index contributed by atoms with van der Waals surface area (Å²) in [6.45, 7) is 3.54. The van der Waals surface area contributed by atoms with Crippen LogP contribution in [0.25, 0.3) is 22.5 Å². The van der Waals surface area contributed by atoms with E-state index < -0.39 is 0 Å². The van der Waals surface area contributed by atoms with Gasteiger partial charge in [-0.15, -0.1) is 10.2 Å². The van der Waals surface area contributed by atoms with Crippen molar-refractivity contribution < 1.29 is 0 Å². The van der Waals surface area contributed by atoms with Gasteiger partial charge in [0.1, 0.15) is 12.2 Å². The maximum Gasteiger partial charge on any atom is 0.205 e. The van der Waals surface area contributed by atoms with Gasteiger partial charge in [0.15, 0.2) is 0 Å². The van der Waals surface area contributed by atoms with E-state index in [0.29, 0.717) is 24.8 Å². The molecule has 2 heterocycles. The molecule has 1 unspecified atom stereocenters. The molecule has 4 rings (SSSR count). The number of aromatic nitrogens is 7. The lowest BCUT2D eigenvalue weighted by Gasteiger charge is -2.16. The fourth-order valence-corrected chi connectivity index (χ4v) is 3.83. The monoisotopic (exact) mass is 402 g/mol. The predicted molar refractivity (Wildman–Crippen MR) is 115 cm³/mol. The largest absolute Gasteiger partial charge is 0.330 e.